The summed E-state index contributed by atoms with van der Waals surface area (Å²) in [6.07, 6.45) is 1.68. The maximum atomic E-state index is 12.4. The average molecular weight is 282 g/mol. The van der Waals surface area contributed by atoms with E-state index in [9.17, 15) is 4.79 Å². The number of rotatable bonds is 2. The second kappa shape index (κ2) is 5.06. The Bertz CT molecular complexity index is 792. The van der Waals surface area contributed by atoms with Crippen molar-refractivity contribution < 1.29 is 4.79 Å². The second-order valence-corrected chi connectivity index (χ2v) is 5.73. The summed E-state index contributed by atoms with van der Waals surface area (Å²) in [6, 6.07) is 11.9. The van der Waals surface area contributed by atoms with Gasteiger partial charge >= 0.3 is 0 Å². The lowest BCUT2D eigenvalue weighted by atomic mass is 10.1. The number of hydrogen-bond donors (Lipinski definition) is 1. The van der Waals surface area contributed by atoms with Crippen LogP contribution in [0.5, 0.6) is 0 Å². The van der Waals surface area contributed by atoms with Gasteiger partial charge in [-0.15, -0.1) is 11.3 Å². The number of fused-ring (bicyclic) bond motifs is 1. The van der Waals surface area contributed by atoms with Gasteiger partial charge in [0.25, 0.3) is 5.91 Å². The molecule has 0 unspecified atom stereocenters. The Morgan fingerprint density at radius 3 is 2.70 bits per heavy atom. The standard InChI is InChI=1S/C16H14N2OS/c1-10-6-5-9-17-15(10)18-16(19)14-11(2)12-7-3-4-8-13(12)20-14/h3-9H,1-2H3,(H,17,18,19). The van der Waals surface area contributed by atoms with Gasteiger partial charge in [0.2, 0.25) is 0 Å². The van der Waals surface area contributed by atoms with Crippen LogP contribution in [-0.2, 0) is 0 Å². The van der Waals surface area contributed by atoms with Gasteiger partial charge in [0.15, 0.2) is 0 Å². The van der Waals surface area contributed by atoms with Gasteiger partial charge < -0.3 is 5.32 Å². The van der Waals surface area contributed by atoms with Gasteiger partial charge in [-0.05, 0) is 42.5 Å². The molecule has 0 bridgehead atoms. The largest absolute Gasteiger partial charge is 0.306 e. The van der Waals surface area contributed by atoms with Crippen LogP contribution in [0.4, 0.5) is 5.82 Å². The quantitative estimate of drug-likeness (QED) is 0.766. The Hall–Kier alpha value is -2.20. The highest BCUT2D eigenvalue weighted by Gasteiger charge is 2.16. The zero-order chi connectivity index (χ0) is 14.1. The molecule has 0 radical (unpaired) electrons. The molecule has 0 aliphatic heterocycles. The van der Waals surface area contributed by atoms with Crippen molar-refractivity contribution >= 4 is 33.1 Å². The van der Waals surface area contributed by atoms with Gasteiger partial charge in [-0.3, -0.25) is 4.79 Å². The molecule has 0 fully saturated rings. The van der Waals surface area contributed by atoms with E-state index in [2.05, 4.69) is 10.3 Å². The van der Waals surface area contributed by atoms with Crippen molar-refractivity contribution in [3.05, 3.63) is 58.6 Å². The highest BCUT2D eigenvalue weighted by Crippen LogP contribution is 2.31. The van der Waals surface area contributed by atoms with E-state index in [1.807, 2.05) is 50.2 Å². The summed E-state index contributed by atoms with van der Waals surface area (Å²) >= 11 is 1.52. The summed E-state index contributed by atoms with van der Waals surface area (Å²) in [5.41, 5.74) is 1.98. The molecule has 0 spiro atoms. The van der Waals surface area contributed by atoms with Gasteiger partial charge in [0.1, 0.15) is 5.82 Å². The molecule has 1 aromatic carbocycles. The maximum absolute atomic E-state index is 12.4. The predicted octanol–water partition coefficient (Wildman–Crippen LogP) is 4.17. The van der Waals surface area contributed by atoms with Crippen molar-refractivity contribution in [2.75, 3.05) is 5.32 Å². The van der Waals surface area contributed by atoms with Crippen LogP contribution in [0.15, 0.2) is 42.6 Å². The third kappa shape index (κ3) is 2.18. The van der Waals surface area contributed by atoms with Crippen LogP contribution in [-0.4, -0.2) is 10.9 Å². The first-order valence-corrected chi connectivity index (χ1v) is 7.19. The molecular formula is C16H14N2OS. The first-order chi connectivity index (χ1) is 9.66. The first-order valence-electron chi connectivity index (χ1n) is 6.38. The Balaban J connectivity index is 1.97. The minimum atomic E-state index is -0.0921. The van der Waals surface area contributed by atoms with E-state index in [4.69, 9.17) is 0 Å². The molecule has 3 aromatic rings. The van der Waals surface area contributed by atoms with Gasteiger partial charge in [0, 0.05) is 10.9 Å². The maximum Gasteiger partial charge on any atom is 0.267 e. The molecule has 0 saturated heterocycles. The lowest BCUT2D eigenvalue weighted by molar-refractivity contribution is 0.102. The number of aryl methyl sites for hydroxylation is 2. The number of thiophene rings is 1. The fourth-order valence-corrected chi connectivity index (χ4v) is 3.28. The molecule has 3 nitrogen and oxygen atoms in total. The van der Waals surface area contributed by atoms with Crippen molar-refractivity contribution in [3.8, 4) is 0 Å². The van der Waals surface area contributed by atoms with Gasteiger partial charge in [0.05, 0.1) is 4.88 Å². The molecule has 20 heavy (non-hydrogen) atoms. The van der Waals surface area contributed by atoms with Crippen molar-refractivity contribution in [3.63, 3.8) is 0 Å². The van der Waals surface area contributed by atoms with Crippen LogP contribution >= 0.6 is 11.3 Å². The number of benzene rings is 1. The Morgan fingerprint density at radius 2 is 1.95 bits per heavy atom. The van der Waals surface area contributed by atoms with Crippen LogP contribution in [0.3, 0.4) is 0 Å². The Morgan fingerprint density at radius 1 is 1.15 bits per heavy atom. The fourth-order valence-electron chi connectivity index (χ4n) is 2.17. The van der Waals surface area contributed by atoms with E-state index in [1.54, 1.807) is 6.20 Å². The van der Waals surface area contributed by atoms with E-state index in [0.717, 1.165) is 26.1 Å². The van der Waals surface area contributed by atoms with Crippen LogP contribution < -0.4 is 5.32 Å². The summed E-state index contributed by atoms with van der Waals surface area (Å²) in [5, 5.41) is 4.03. The summed E-state index contributed by atoms with van der Waals surface area (Å²) < 4.78 is 1.13. The van der Waals surface area contributed by atoms with Crippen LogP contribution in [0.2, 0.25) is 0 Å². The van der Waals surface area contributed by atoms with E-state index >= 15 is 0 Å². The number of anilines is 1. The summed E-state index contributed by atoms with van der Waals surface area (Å²) in [7, 11) is 0. The summed E-state index contributed by atoms with van der Waals surface area (Å²) in [6.45, 7) is 3.92. The molecule has 0 aliphatic rings. The van der Waals surface area contributed by atoms with Gasteiger partial charge in [-0.25, -0.2) is 4.98 Å². The van der Waals surface area contributed by atoms with E-state index in [0.29, 0.717) is 5.82 Å². The number of hydrogen-bond acceptors (Lipinski definition) is 3. The molecule has 3 rings (SSSR count). The zero-order valence-electron chi connectivity index (χ0n) is 11.3. The highest BCUT2D eigenvalue weighted by molar-refractivity contribution is 7.21. The predicted molar refractivity (Wildman–Crippen MR) is 83.5 cm³/mol. The molecule has 1 amide bonds. The molecular weight excluding hydrogens is 268 g/mol. The number of nitrogens with zero attached hydrogens (tertiary/aromatic N) is 1. The number of aromatic nitrogens is 1. The van der Waals surface area contributed by atoms with Crippen LogP contribution in [0, 0.1) is 13.8 Å². The highest BCUT2D eigenvalue weighted by atomic mass is 32.1. The number of carbonyl (C=O) groups excluding carboxylic acids is 1. The minimum Gasteiger partial charge on any atom is -0.306 e. The monoisotopic (exact) mass is 282 g/mol. The molecule has 2 aromatic heterocycles. The van der Waals surface area contributed by atoms with E-state index in [-0.39, 0.29) is 5.91 Å². The molecule has 4 heteroatoms. The fraction of sp³-hybridized carbons (Fsp3) is 0.125. The SMILES string of the molecule is Cc1cccnc1NC(=O)c1sc2ccccc2c1C. The molecule has 0 atom stereocenters. The van der Waals surface area contributed by atoms with E-state index < -0.39 is 0 Å². The van der Waals surface area contributed by atoms with Crippen molar-refractivity contribution in [1.82, 2.24) is 4.98 Å². The van der Waals surface area contributed by atoms with Crippen molar-refractivity contribution in [1.29, 1.82) is 0 Å². The molecule has 100 valence electrons. The number of amides is 1. The Labute approximate surface area is 121 Å². The van der Waals surface area contributed by atoms with E-state index in [1.165, 1.54) is 11.3 Å². The third-order valence-electron chi connectivity index (χ3n) is 3.29. The van der Waals surface area contributed by atoms with Crippen LogP contribution in [0.1, 0.15) is 20.8 Å². The smallest absolute Gasteiger partial charge is 0.267 e. The number of nitrogens with one attached hydrogen (secondary N) is 1. The summed E-state index contributed by atoms with van der Waals surface area (Å²) in [4.78, 5) is 17.4. The Kier molecular flexibility index (Phi) is 3.24. The lowest BCUT2D eigenvalue weighted by Crippen LogP contribution is -2.13. The number of carbonyl (C=O) groups is 1. The minimum absolute atomic E-state index is 0.0921. The van der Waals surface area contributed by atoms with Crippen LogP contribution in [0.25, 0.3) is 10.1 Å². The number of pyridine rings is 1. The van der Waals surface area contributed by atoms with Gasteiger partial charge in [-0.2, -0.15) is 0 Å². The lowest BCUT2D eigenvalue weighted by Gasteiger charge is -2.06. The average Bonchev–Trinajstić information content (AvgIpc) is 2.79. The van der Waals surface area contributed by atoms with Crippen molar-refractivity contribution in [2.45, 2.75) is 13.8 Å². The third-order valence-corrected chi connectivity index (χ3v) is 4.56. The molecule has 1 N–H and O–H groups in total. The topological polar surface area (TPSA) is 42.0 Å². The first kappa shape index (κ1) is 12.8. The zero-order valence-corrected chi connectivity index (χ0v) is 12.1. The molecule has 2 heterocycles. The van der Waals surface area contributed by atoms with Gasteiger partial charge in [-0.1, -0.05) is 24.3 Å². The molecule has 0 saturated carbocycles. The van der Waals surface area contributed by atoms with Crippen molar-refractivity contribution in [2.24, 2.45) is 0 Å². The normalized spacial score (nSPS) is 10.7. The summed E-state index contributed by atoms with van der Waals surface area (Å²) in [5.74, 6) is 0.528. The molecule has 0 aliphatic carbocycles. The second-order valence-electron chi connectivity index (χ2n) is 4.68.